The number of amides is 2. The molecule has 6 heteroatoms. The van der Waals surface area contributed by atoms with Crippen molar-refractivity contribution in [1.82, 2.24) is 15.2 Å². The summed E-state index contributed by atoms with van der Waals surface area (Å²) in [5, 5.41) is 16.0. The minimum atomic E-state index is -0.730. The van der Waals surface area contributed by atoms with Crippen LogP contribution in [0.1, 0.15) is 17.4 Å². The molecule has 2 rings (SSSR count). The first kappa shape index (κ1) is 15.4. The quantitative estimate of drug-likeness (QED) is 0.793. The minimum absolute atomic E-state index is 0.157. The number of aliphatic hydroxyl groups is 1. The Balaban J connectivity index is 1.75. The smallest absolute Gasteiger partial charge is 0.315 e. The molecule has 0 radical (unpaired) electrons. The van der Waals surface area contributed by atoms with Crippen molar-refractivity contribution in [3.8, 4) is 0 Å². The maximum atomic E-state index is 11.7. The second kappa shape index (κ2) is 7.15. The molecule has 21 heavy (non-hydrogen) atoms. The van der Waals surface area contributed by atoms with Crippen LogP contribution in [0.4, 0.5) is 4.79 Å². The van der Waals surface area contributed by atoms with E-state index in [1.807, 2.05) is 42.1 Å². The molecule has 0 saturated heterocycles. The highest BCUT2D eigenvalue weighted by molar-refractivity contribution is 6.30. The van der Waals surface area contributed by atoms with Gasteiger partial charge in [-0.25, -0.2) is 4.79 Å². The van der Waals surface area contributed by atoms with Crippen LogP contribution in [0.15, 0.2) is 42.6 Å². The molecule has 0 bridgehead atoms. The highest BCUT2D eigenvalue weighted by Crippen LogP contribution is 2.11. The van der Waals surface area contributed by atoms with Gasteiger partial charge < -0.3 is 20.3 Å². The van der Waals surface area contributed by atoms with Crippen LogP contribution in [0.5, 0.6) is 0 Å². The summed E-state index contributed by atoms with van der Waals surface area (Å²) in [6.45, 7) is 0.563. The summed E-state index contributed by atoms with van der Waals surface area (Å²) in [6, 6.07) is 10.6. The van der Waals surface area contributed by atoms with Crippen molar-refractivity contribution in [2.45, 2.75) is 12.6 Å². The fraction of sp³-hybridized carbons (Fsp3) is 0.267. The second-order valence-electron chi connectivity index (χ2n) is 4.75. The van der Waals surface area contributed by atoms with E-state index in [2.05, 4.69) is 10.6 Å². The Morgan fingerprint density at radius 1 is 1.29 bits per heavy atom. The molecule has 2 aromatic rings. The van der Waals surface area contributed by atoms with E-state index in [1.165, 1.54) is 0 Å². The molecule has 1 aromatic carbocycles. The Morgan fingerprint density at radius 3 is 2.62 bits per heavy atom. The summed E-state index contributed by atoms with van der Waals surface area (Å²) >= 11 is 5.79. The molecule has 0 spiro atoms. The van der Waals surface area contributed by atoms with Crippen LogP contribution in [0.3, 0.4) is 0 Å². The number of hydrogen-bond acceptors (Lipinski definition) is 2. The molecule has 0 fully saturated rings. The zero-order chi connectivity index (χ0) is 15.2. The van der Waals surface area contributed by atoms with Gasteiger partial charge in [-0.2, -0.15) is 0 Å². The van der Waals surface area contributed by atoms with Gasteiger partial charge in [0, 0.05) is 30.5 Å². The van der Waals surface area contributed by atoms with Crippen molar-refractivity contribution >= 4 is 17.6 Å². The van der Waals surface area contributed by atoms with Crippen LogP contribution in [0.2, 0.25) is 5.02 Å². The van der Waals surface area contributed by atoms with E-state index in [0.717, 1.165) is 11.3 Å². The summed E-state index contributed by atoms with van der Waals surface area (Å²) in [4.78, 5) is 11.7. The molecule has 0 saturated carbocycles. The Hall–Kier alpha value is -1.98. The third-order valence-electron chi connectivity index (χ3n) is 3.15. The number of benzene rings is 1. The molecular weight excluding hydrogens is 290 g/mol. The monoisotopic (exact) mass is 307 g/mol. The topological polar surface area (TPSA) is 66.3 Å². The highest BCUT2D eigenvalue weighted by Gasteiger charge is 2.11. The molecule has 1 unspecified atom stereocenters. The van der Waals surface area contributed by atoms with Crippen LogP contribution in [-0.2, 0) is 13.6 Å². The van der Waals surface area contributed by atoms with Gasteiger partial charge >= 0.3 is 6.03 Å². The number of halogens is 1. The average molecular weight is 308 g/mol. The minimum Gasteiger partial charge on any atom is -0.385 e. The number of aromatic nitrogens is 1. The summed E-state index contributed by atoms with van der Waals surface area (Å²) < 4.78 is 1.82. The van der Waals surface area contributed by atoms with E-state index in [1.54, 1.807) is 12.1 Å². The van der Waals surface area contributed by atoms with Crippen molar-refractivity contribution in [2.75, 3.05) is 6.54 Å². The van der Waals surface area contributed by atoms with Crippen molar-refractivity contribution in [1.29, 1.82) is 0 Å². The van der Waals surface area contributed by atoms with Crippen LogP contribution in [-0.4, -0.2) is 22.2 Å². The first-order chi connectivity index (χ1) is 10.1. The number of nitrogens with one attached hydrogen (secondary N) is 2. The molecule has 1 atom stereocenters. The summed E-state index contributed by atoms with van der Waals surface area (Å²) in [5.74, 6) is 0. The van der Waals surface area contributed by atoms with E-state index in [4.69, 9.17) is 11.6 Å². The van der Waals surface area contributed by atoms with Crippen molar-refractivity contribution in [3.63, 3.8) is 0 Å². The predicted molar refractivity (Wildman–Crippen MR) is 82.1 cm³/mol. The largest absolute Gasteiger partial charge is 0.385 e. The fourth-order valence-corrected chi connectivity index (χ4v) is 2.09. The molecule has 1 heterocycles. The van der Waals surface area contributed by atoms with E-state index in [9.17, 15) is 9.90 Å². The van der Waals surface area contributed by atoms with Crippen LogP contribution < -0.4 is 10.6 Å². The highest BCUT2D eigenvalue weighted by atomic mass is 35.5. The Morgan fingerprint density at radius 2 is 2.00 bits per heavy atom. The third kappa shape index (κ3) is 4.51. The van der Waals surface area contributed by atoms with Crippen LogP contribution in [0.25, 0.3) is 0 Å². The first-order valence-corrected chi connectivity index (χ1v) is 6.99. The number of carbonyl (C=O) groups is 1. The van der Waals surface area contributed by atoms with Gasteiger partial charge in [-0.05, 0) is 29.8 Å². The lowest BCUT2D eigenvalue weighted by Crippen LogP contribution is -2.37. The van der Waals surface area contributed by atoms with Crippen molar-refractivity contribution in [2.24, 2.45) is 7.05 Å². The molecule has 2 amide bonds. The number of rotatable bonds is 5. The van der Waals surface area contributed by atoms with Gasteiger partial charge in [0.2, 0.25) is 0 Å². The molecular formula is C15H18ClN3O2. The maximum absolute atomic E-state index is 11.7. The zero-order valence-corrected chi connectivity index (χ0v) is 12.5. The third-order valence-corrected chi connectivity index (χ3v) is 3.40. The van der Waals surface area contributed by atoms with Gasteiger partial charge in [-0.15, -0.1) is 0 Å². The SMILES string of the molecule is Cn1cccc1C(O)CNC(=O)NCc1ccc(Cl)cc1. The molecule has 0 aliphatic carbocycles. The predicted octanol–water partition coefficient (Wildman–Crippen LogP) is 2.21. The molecule has 0 aliphatic rings. The van der Waals surface area contributed by atoms with Gasteiger partial charge in [0.25, 0.3) is 0 Å². The number of aryl methyl sites for hydroxylation is 1. The molecule has 5 nitrogen and oxygen atoms in total. The summed E-state index contributed by atoms with van der Waals surface area (Å²) in [7, 11) is 1.85. The van der Waals surface area contributed by atoms with Gasteiger partial charge in [0.1, 0.15) is 6.10 Å². The lowest BCUT2D eigenvalue weighted by molar-refractivity contribution is 0.166. The van der Waals surface area contributed by atoms with Crippen LogP contribution in [0, 0.1) is 0 Å². The molecule has 112 valence electrons. The maximum Gasteiger partial charge on any atom is 0.315 e. The van der Waals surface area contributed by atoms with E-state index in [0.29, 0.717) is 11.6 Å². The standard InChI is InChI=1S/C15H18ClN3O2/c1-19-8-2-3-13(19)14(20)10-18-15(21)17-9-11-4-6-12(16)7-5-11/h2-8,14,20H,9-10H2,1H3,(H2,17,18,21). The summed E-state index contributed by atoms with van der Waals surface area (Å²) in [5.41, 5.74) is 1.71. The lowest BCUT2D eigenvalue weighted by atomic mass is 10.2. The zero-order valence-electron chi connectivity index (χ0n) is 11.7. The van der Waals surface area contributed by atoms with Crippen LogP contribution >= 0.6 is 11.6 Å². The lowest BCUT2D eigenvalue weighted by Gasteiger charge is -2.13. The number of aliphatic hydroxyl groups excluding tert-OH is 1. The van der Waals surface area contributed by atoms with Gasteiger partial charge in [-0.1, -0.05) is 23.7 Å². The Labute approximate surface area is 128 Å². The van der Waals surface area contributed by atoms with Gasteiger partial charge in [0.05, 0.1) is 6.54 Å². The summed E-state index contributed by atoms with van der Waals surface area (Å²) in [6.07, 6.45) is 1.12. The molecule has 3 N–H and O–H groups in total. The first-order valence-electron chi connectivity index (χ1n) is 6.61. The van der Waals surface area contributed by atoms with E-state index < -0.39 is 6.10 Å². The van der Waals surface area contributed by atoms with Gasteiger partial charge in [0.15, 0.2) is 0 Å². The Bertz CT molecular complexity index is 595. The Kier molecular flexibility index (Phi) is 5.25. The fourth-order valence-electron chi connectivity index (χ4n) is 1.96. The average Bonchev–Trinajstić information content (AvgIpc) is 2.90. The number of carbonyl (C=O) groups excluding carboxylic acids is 1. The normalized spacial score (nSPS) is 12.0. The van der Waals surface area contributed by atoms with Crippen molar-refractivity contribution < 1.29 is 9.90 Å². The van der Waals surface area contributed by atoms with Gasteiger partial charge in [-0.3, -0.25) is 0 Å². The van der Waals surface area contributed by atoms with E-state index in [-0.39, 0.29) is 12.6 Å². The van der Waals surface area contributed by atoms with Crippen molar-refractivity contribution in [3.05, 3.63) is 58.9 Å². The molecule has 1 aromatic heterocycles. The number of urea groups is 1. The second-order valence-corrected chi connectivity index (χ2v) is 5.19. The van der Waals surface area contributed by atoms with E-state index >= 15 is 0 Å². The number of hydrogen-bond donors (Lipinski definition) is 3. The number of nitrogens with zero attached hydrogens (tertiary/aromatic N) is 1. The molecule has 0 aliphatic heterocycles.